The van der Waals surface area contributed by atoms with Crippen LogP contribution in [0.15, 0.2) is 60.8 Å². The maximum absolute atomic E-state index is 13.4. The van der Waals surface area contributed by atoms with Crippen molar-refractivity contribution in [2.75, 3.05) is 48.3 Å². The Morgan fingerprint density at radius 3 is 2.44 bits per heavy atom. The second kappa shape index (κ2) is 9.79. The minimum atomic E-state index is -0.548. The highest BCUT2D eigenvalue weighted by Crippen LogP contribution is 2.36. The van der Waals surface area contributed by atoms with Crippen LogP contribution in [0, 0.1) is 6.92 Å². The van der Waals surface area contributed by atoms with Gasteiger partial charge in [0.15, 0.2) is 5.65 Å². The minimum Gasteiger partial charge on any atom is -0.367 e. The number of nitrogens with zero attached hydrogens (tertiary/aromatic N) is 6. The van der Waals surface area contributed by atoms with Gasteiger partial charge in [0.05, 0.1) is 34.3 Å². The van der Waals surface area contributed by atoms with Gasteiger partial charge in [-0.15, -0.1) is 0 Å². The lowest BCUT2D eigenvalue weighted by Gasteiger charge is -2.35. The van der Waals surface area contributed by atoms with Crippen LogP contribution in [-0.2, 0) is 11.8 Å². The number of rotatable bonds is 5. The topological polar surface area (TPSA) is 86.6 Å². The molecule has 1 N–H and O–H groups in total. The SMILES string of the molecule is Cc1nn(C)c2ncc(NC(=O)N(C=O)c3cccc(-c4ccccc4)c3)c(N3CCN(C)CC3)c12. The average molecular weight is 484 g/mol. The first-order chi connectivity index (χ1) is 17.5. The number of fused-ring (bicyclic) bond motifs is 1. The average Bonchev–Trinajstić information content (AvgIpc) is 3.19. The summed E-state index contributed by atoms with van der Waals surface area (Å²) in [5.74, 6) is 0. The first kappa shape index (κ1) is 23.5. The van der Waals surface area contributed by atoms with Crippen molar-refractivity contribution in [3.8, 4) is 11.1 Å². The molecule has 36 heavy (non-hydrogen) atoms. The van der Waals surface area contributed by atoms with Gasteiger partial charge in [-0.3, -0.25) is 9.48 Å². The van der Waals surface area contributed by atoms with Gasteiger partial charge in [0, 0.05) is 33.2 Å². The number of piperazine rings is 1. The second-order valence-corrected chi connectivity index (χ2v) is 9.04. The molecule has 184 valence electrons. The molecule has 0 atom stereocenters. The molecule has 0 aliphatic carbocycles. The standard InChI is InChI=1S/C27H29N7O2/c1-19-24-25(33-14-12-31(2)13-15-33)23(17-28-26(24)32(3)30-19)29-27(36)34(18-35)22-11-7-10-21(16-22)20-8-5-4-6-9-20/h4-11,16-18H,12-15H2,1-3H3,(H,29,36). The van der Waals surface area contributed by atoms with E-state index in [4.69, 9.17) is 0 Å². The molecule has 1 aliphatic heterocycles. The van der Waals surface area contributed by atoms with Crippen molar-refractivity contribution in [2.45, 2.75) is 6.92 Å². The Labute approximate surface area is 209 Å². The molecule has 1 saturated heterocycles. The fourth-order valence-electron chi connectivity index (χ4n) is 4.71. The fraction of sp³-hybridized carbons (Fsp3) is 0.259. The monoisotopic (exact) mass is 483 g/mol. The van der Waals surface area contributed by atoms with Gasteiger partial charge < -0.3 is 15.1 Å². The number of aromatic nitrogens is 3. The van der Waals surface area contributed by atoms with Crippen LogP contribution in [0.25, 0.3) is 22.2 Å². The van der Waals surface area contributed by atoms with Crippen LogP contribution in [0.2, 0.25) is 0 Å². The molecule has 2 aromatic carbocycles. The van der Waals surface area contributed by atoms with Gasteiger partial charge >= 0.3 is 6.03 Å². The summed E-state index contributed by atoms with van der Waals surface area (Å²) in [5, 5.41) is 8.42. The molecule has 4 aromatic rings. The zero-order valence-corrected chi connectivity index (χ0v) is 20.7. The number of hydrogen-bond acceptors (Lipinski definition) is 6. The van der Waals surface area contributed by atoms with Crippen molar-refractivity contribution in [3.05, 3.63) is 66.5 Å². The zero-order valence-electron chi connectivity index (χ0n) is 20.7. The highest BCUT2D eigenvalue weighted by Gasteiger charge is 2.25. The molecule has 1 fully saturated rings. The van der Waals surface area contributed by atoms with E-state index in [1.807, 2.05) is 62.5 Å². The number of benzene rings is 2. The zero-order chi connectivity index (χ0) is 25.2. The van der Waals surface area contributed by atoms with E-state index >= 15 is 0 Å². The van der Waals surface area contributed by atoms with E-state index in [-0.39, 0.29) is 0 Å². The van der Waals surface area contributed by atoms with E-state index < -0.39 is 6.03 Å². The van der Waals surface area contributed by atoms with Crippen LogP contribution in [0.3, 0.4) is 0 Å². The van der Waals surface area contributed by atoms with E-state index in [0.717, 1.165) is 64.6 Å². The summed E-state index contributed by atoms with van der Waals surface area (Å²) in [6.07, 6.45) is 2.19. The van der Waals surface area contributed by atoms with Crippen LogP contribution in [0.4, 0.5) is 21.9 Å². The van der Waals surface area contributed by atoms with Crippen molar-refractivity contribution in [1.29, 1.82) is 0 Å². The smallest absolute Gasteiger partial charge is 0.333 e. The summed E-state index contributed by atoms with van der Waals surface area (Å²) in [7, 11) is 3.96. The third-order valence-electron chi connectivity index (χ3n) is 6.62. The Kier molecular flexibility index (Phi) is 6.39. The molecule has 2 aromatic heterocycles. The van der Waals surface area contributed by atoms with E-state index in [0.29, 0.717) is 17.8 Å². The van der Waals surface area contributed by atoms with E-state index in [1.54, 1.807) is 16.9 Å². The predicted octanol–water partition coefficient (Wildman–Crippen LogP) is 3.89. The highest BCUT2D eigenvalue weighted by atomic mass is 16.2. The van der Waals surface area contributed by atoms with E-state index in [9.17, 15) is 9.59 Å². The summed E-state index contributed by atoms with van der Waals surface area (Å²) in [5.41, 5.74) is 5.44. The van der Waals surface area contributed by atoms with E-state index in [1.165, 1.54) is 0 Å². The van der Waals surface area contributed by atoms with Crippen LogP contribution in [-0.4, -0.2) is 65.3 Å². The van der Waals surface area contributed by atoms with Gasteiger partial charge in [0.1, 0.15) is 0 Å². The summed E-state index contributed by atoms with van der Waals surface area (Å²) in [6.45, 7) is 5.38. The predicted molar refractivity (Wildman–Crippen MR) is 142 cm³/mol. The third kappa shape index (κ3) is 4.40. The van der Waals surface area contributed by atoms with Crippen molar-refractivity contribution in [1.82, 2.24) is 19.7 Å². The second-order valence-electron chi connectivity index (χ2n) is 9.04. The van der Waals surface area contributed by atoms with Crippen LogP contribution in [0.1, 0.15) is 5.69 Å². The molecule has 0 bridgehead atoms. The molecule has 5 rings (SSSR count). The van der Waals surface area contributed by atoms with Crippen molar-refractivity contribution >= 4 is 40.5 Å². The highest BCUT2D eigenvalue weighted by molar-refractivity contribution is 6.14. The van der Waals surface area contributed by atoms with Crippen LogP contribution in [0.5, 0.6) is 0 Å². The molecule has 0 radical (unpaired) electrons. The lowest BCUT2D eigenvalue weighted by molar-refractivity contribution is -0.106. The molecule has 1 aliphatic rings. The van der Waals surface area contributed by atoms with Crippen molar-refractivity contribution in [2.24, 2.45) is 7.05 Å². The third-order valence-corrected chi connectivity index (χ3v) is 6.62. The molecule has 3 amide bonds. The number of amides is 3. The van der Waals surface area contributed by atoms with Gasteiger partial charge in [-0.1, -0.05) is 42.5 Å². The van der Waals surface area contributed by atoms with Gasteiger partial charge in [0.25, 0.3) is 0 Å². The van der Waals surface area contributed by atoms with Crippen LogP contribution >= 0.6 is 0 Å². The molecule has 9 heteroatoms. The van der Waals surface area contributed by atoms with Gasteiger partial charge in [-0.05, 0) is 37.2 Å². The van der Waals surface area contributed by atoms with Gasteiger partial charge in [-0.2, -0.15) is 5.10 Å². The number of imide groups is 1. The quantitative estimate of drug-likeness (QED) is 0.434. The summed E-state index contributed by atoms with van der Waals surface area (Å²) >= 11 is 0. The first-order valence-corrected chi connectivity index (χ1v) is 11.9. The van der Waals surface area contributed by atoms with Crippen molar-refractivity contribution < 1.29 is 9.59 Å². The Bertz CT molecular complexity index is 1410. The summed E-state index contributed by atoms with van der Waals surface area (Å²) in [4.78, 5) is 35.7. The molecule has 3 heterocycles. The number of nitrogens with one attached hydrogen (secondary N) is 1. The number of likely N-dealkylation sites (N-methyl/N-ethyl adjacent to an activating group) is 1. The minimum absolute atomic E-state index is 0.483. The largest absolute Gasteiger partial charge is 0.367 e. The van der Waals surface area contributed by atoms with E-state index in [2.05, 4.69) is 32.2 Å². The Balaban J connectivity index is 1.50. The Morgan fingerprint density at radius 2 is 1.72 bits per heavy atom. The number of aryl methyl sites for hydroxylation is 2. The molecule has 0 unspecified atom stereocenters. The summed E-state index contributed by atoms with van der Waals surface area (Å²) < 4.78 is 1.75. The Morgan fingerprint density at radius 1 is 1.00 bits per heavy atom. The molecular weight excluding hydrogens is 454 g/mol. The van der Waals surface area contributed by atoms with Gasteiger partial charge in [0.2, 0.25) is 6.41 Å². The van der Waals surface area contributed by atoms with Crippen LogP contribution < -0.4 is 15.1 Å². The van der Waals surface area contributed by atoms with Crippen molar-refractivity contribution in [3.63, 3.8) is 0 Å². The number of hydrogen-bond donors (Lipinski definition) is 1. The molecule has 0 spiro atoms. The first-order valence-electron chi connectivity index (χ1n) is 11.9. The number of urea groups is 1. The number of carbonyl (C=O) groups excluding carboxylic acids is 2. The summed E-state index contributed by atoms with van der Waals surface area (Å²) in [6, 6.07) is 16.7. The number of pyridine rings is 1. The lowest BCUT2D eigenvalue weighted by Crippen LogP contribution is -2.45. The molecular formula is C27H29N7O2. The molecule has 9 nitrogen and oxygen atoms in total. The van der Waals surface area contributed by atoms with Gasteiger partial charge in [-0.25, -0.2) is 14.7 Å². The maximum Gasteiger partial charge on any atom is 0.333 e. The lowest BCUT2D eigenvalue weighted by atomic mass is 10.1. The fourth-order valence-corrected chi connectivity index (χ4v) is 4.71. The number of anilines is 3. The molecule has 0 saturated carbocycles. The maximum atomic E-state index is 13.4. The number of carbonyl (C=O) groups is 2. The normalized spacial score (nSPS) is 14.1. The Hall–Kier alpha value is -4.24.